The van der Waals surface area contributed by atoms with Crippen molar-refractivity contribution in [3.05, 3.63) is 62.8 Å². The van der Waals surface area contributed by atoms with Crippen molar-refractivity contribution in [1.29, 1.82) is 0 Å². The summed E-state index contributed by atoms with van der Waals surface area (Å²) in [6.45, 7) is 6.52. The largest absolute Gasteiger partial charge is 0.507 e. The lowest BCUT2D eigenvalue weighted by Crippen LogP contribution is -2.10. The molecule has 0 aliphatic heterocycles. The molecule has 1 heterocycles. The second-order valence-electron chi connectivity index (χ2n) is 6.94. The number of aromatic amines is 1. The molecule has 0 aliphatic rings. The van der Waals surface area contributed by atoms with Crippen molar-refractivity contribution < 1.29 is 5.11 Å². The summed E-state index contributed by atoms with van der Waals surface area (Å²) in [7, 11) is 0. The molecule has 0 spiro atoms. The van der Waals surface area contributed by atoms with Crippen LogP contribution in [0.1, 0.15) is 31.9 Å². The van der Waals surface area contributed by atoms with Gasteiger partial charge in [0.25, 0.3) is 0 Å². The molecule has 134 valence electrons. The second-order valence-corrected chi connectivity index (χ2v) is 8.24. The zero-order valence-electron chi connectivity index (χ0n) is 14.7. The smallest absolute Gasteiger partial charge is 0.216 e. The highest BCUT2D eigenvalue weighted by Crippen LogP contribution is 2.26. The van der Waals surface area contributed by atoms with E-state index in [1.165, 1.54) is 5.56 Å². The monoisotopic (exact) mass is 430 g/mol. The number of benzene rings is 2. The molecular weight excluding hydrogens is 412 g/mol. The number of phenols is 1. The third kappa shape index (κ3) is 3.94. The predicted molar refractivity (Wildman–Crippen MR) is 110 cm³/mol. The maximum atomic E-state index is 9.96. The van der Waals surface area contributed by atoms with Crippen LogP contribution < -0.4 is 0 Å². The van der Waals surface area contributed by atoms with Crippen LogP contribution in [0.15, 0.2) is 52.0 Å². The Balaban J connectivity index is 1.98. The summed E-state index contributed by atoms with van der Waals surface area (Å²) in [6.07, 6.45) is 1.55. The number of nitrogens with zero attached hydrogens (tertiary/aromatic N) is 3. The highest BCUT2D eigenvalue weighted by Gasteiger charge is 2.14. The van der Waals surface area contributed by atoms with Crippen molar-refractivity contribution in [2.45, 2.75) is 26.2 Å². The molecule has 0 unspecified atom stereocenters. The summed E-state index contributed by atoms with van der Waals surface area (Å²) in [5.74, 6) is 0.754. The van der Waals surface area contributed by atoms with Crippen LogP contribution in [0.2, 0.25) is 0 Å². The van der Waals surface area contributed by atoms with Crippen molar-refractivity contribution in [3.63, 3.8) is 0 Å². The number of hydrogen-bond donors (Lipinski definition) is 2. The van der Waals surface area contributed by atoms with E-state index in [1.54, 1.807) is 29.1 Å². The number of nitrogens with one attached hydrogen (secondary N) is 1. The first-order chi connectivity index (χ1) is 12.3. The van der Waals surface area contributed by atoms with Gasteiger partial charge in [-0.1, -0.05) is 61.0 Å². The number of H-pyrrole nitrogens is 1. The molecule has 3 aromatic rings. The summed E-state index contributed by atoms with van der Waals surface area (Å²) in [5.41, 5.74) is 2.81. The maximum Gasteiger partial charge on any atom is 0.216 e. The van der Waals surface area contributed by atoms with E-state index in [0.29, 0.717) is 16.2 Å². The molecule has 7 heteroatoms. The summed E-state index contributed by atoms with van der Waals surface area (Å²) in [4.78, 5) is 0. The van der Waals surface area contributed by atoms with Gasteiger partial charge >= 0.3 is 0 Å². The van der Waals surface area contributed by atoms with Gasteiger partial charge in [-0.25, -0.2) is 5.10 Å². The molecule has 0 aliphatic carbocycles. The lowest BCUT2D eigenvalue weighted by molar-refractivity contribution is 0.474. The SMILES string of the molecule is CC(C)(C)c1ccc(-c2n[nH]c(=S)n2/N=C/c2cc(Br)ccc2O)cc1. The normalized spacial score (nSPS) is 12.0. The predicted octanol–water partition coefficient (Wildman–Crippen LogP) is 5.26. The van der Waals surface area contributed by atoms with Crippen LogP contribution in [0.5, 0.6) is 5.75 Å². The quantitative estimate of drug-likeness (QED) is 0.440. The minimum atomic E-state index is 0.0830. The molecule has 0 saturated carbocycles. The Hall–Kier alpha value is -2.25. The van der Waals surface area contributed by atoms with Crippen LogP contribution in [-0.2, 0) is 5.41 Å². The van der Waals surface area contributed by atoms with Gasteiger partial charge in [-0.15, -0.1) is 0 Å². The van der Waals surface area contributed by atoms with E-state index in [1.807, 2.05) is 12.1 Å². The Morgan fingerprint density at radius 2 is 1.88 bits per heavy atom. The van der Waals surface area contributed by atoms with Gasteiger partial charge in [0.05, 0.1) is 6.21 Å². The molecule has 2 N–H and O–H groups in total. The standard InChI is InChI=1S/C19H19BrN4OS/c1-19(2,3)14-6-4-12(5-7-14)17-22-23-18(26)24(17)21-11-13-10-15(20)8-9-16(13)25/h4-11,25H,1-3H3,(H,23,26)/b21-11+. The number of rotatable bonds is 3. The number of aromatic hydroxyl groups is 1. The molecule has 5 nitrogen and oxygen atoms in total. The highest BCUT2D eigenvalue weighted by molar-refractivity contribution is 9.10. The molecule has 3 rings (SSSR count). The van der Waals surface area contributed by atoms with Crippen molar-refractivity contribution >= 4 is 34.4 Å². The van der Waals surface area contributed by atoms with Crippen molar-refractivity contribution in [3.8, 4) is 17.1 Å². The molecular formula is C19H19BrN4OS. The van der Waals surface area contributed by atoms with E-state index in [4.69, 9.17) is 12.2 Å². The second kappa shape index (κ2) is 7.17. The fourth-order valence-electron chi connectivity index (χ4n) is 2.45. The highest BCUT2D eigenvalue weighted by atomic mass is 79.9. The molecule has 1 aromatic heterocycles. The van der Waals surface area contributed by atoms with Crippen molar-refractivity contribution in [2.24, 2.45) is 5.10 Å². The van der Waals surface area contributed by atoms with Crippen molar-refractivity contribution in [1.82, 2.24) is 14.9 Å². The summed E-state index contributed by atoms with van der Waals surface area (Å²) < 4.78 is 2.78. The van der Waals surface area contributed by atoms with Gasteiger partial charge < -0.3 is 5.11 Å². The van der Waals surface area contributed by atoms with Crippen molar-refractivity contribution in [2.75, 3.05) is 0 Å². The van der Waals surface area contributed by atoms with Gasteiger partial charge in [0.15, 0.2) is 5.82 Å². The first-order valence-corrected chi connectivity index (χ1v) is 9.27. The molecule has 0 saturated heterocycles. The zero-order chi connectivity index (χ0) is 18.9. The fourth-order valence-corrected chi connectivity index (χ4v) is 3.01. The lowest BCUT2D eigenvalue weighted by atomic mass is 9.87. The average Bonchev–Trinajstić information content (AvgIpc) is 2.96. The van der Waals surface area contributed by atoms with Crippen LogP contribution in [0.3, 0.4) is 0 Å². The average molecular weight is 431 g/mol. The molecule has 0 amide bonds. The summed E-state index contributed by atoms with van der Waals surface area (Å²) in [5, 5.41) is 21.4. The first-order valence-electron chi connectivity index (χ1n) is 8.07. The van der Waals surface area contributed by atoms with Gasteiger partial charge in [0.2, 0.25) is 4.77 Å². The number of phenolic OH excluding ortho intramolecular Hbond substituents is 1. The maximum absolute atomic E-state index is 9.96. The van der Waals surface area contributed by atoms with Crippen LogP contribution in [0.25, 0.3) is 11.4 Å². The third-order valence-corrected chi connectivity index (χ3v) is 4.72. The molecule has 0 radical (unpaired) electrons. The molecule has 2 aromatic carbocycles. The fraction of sp³-hybridized carbons (Fsp3) is 0.211. The third-order valence-electron chi connectivity index (χ3n) is 3.96. The number of hydrogen-bond acceptors (Lipinski definition) is 4. The summed E-state index contributed by atoms with van der Waals surface area (Å²) >= 11 is 8.68. The zero-order valence-corrected chi connectivity index (χ0v) is 17.1. The Labute approximate surface area is 165 Å². The molecule has 0 atom stereocenters. The Kier molecular flexibility index (Phi) is 5.11. The van der Waals surface area contributed by atoms with E-state index in [9.17, 15) is 5.11 Å². The Bertz CT molecular complexity index is 1010. The van der Waals surface area contributed by atoms with Gasteiger partial charge in [-0.05, 0) is 41.4 Å². The van der Waals surface area contributed by atoms with Gasteiger partial charge in [0, 0.05) is 15.6 Å². The van der Waals surface area contributed by atoms with E-state index >= 15 is 0 Å². The van der Waals surface area contributed by atoms with E-state index in [0.717, 1.165) is 10.0 Å². The Morgan fingerprint density at radius 3 is 2.54 bits per heavy atom. The minimum Gasteiger partial charge on any atom is -0.507 e. The minimum absolute atomic E-state index is 0.0830. The van der Waals surface area contributed by atoms with Gasteiger partial charge in [-0.2, -0.15) is 14.9 Å². The number of aromatic nitrogens is 3. The summed E-state index contributed by atoms with van der Waals surface area (Å²) in [6, 6.07) is 13.3. The van der Waals surface area contributed by atoms with E-state index < -0.39 is 0 Å². The molecule has 0 fully saturated rings. The van der Waals surface area contributed by atoms with E-state index in [-0.39, 0.29) is 11.2 Å². The number of halogens is 1. The van der Waals surface area contributed by atoms with Crippen LogP contribution in [0.4, 0.5) is 0 Å². The van der Waals surface area contributed by atoms with Crippen LogP contribution in [0, 0.1) is 4.77 Å². The van der Waals surface area contributed by atoms with Gasteiger partial charge in [0.1, 0.15) is 5.75 Å². The van der Waals surface area contributed by atoms with Crippen LogP contribution >= 0.6 is 28.1 Å². The topological polar surface area (TPSA) is 66.2 Å². The molecule has 26 heavy (non-hydrogen) atoms. The van der Waals surface area contributed by atoms with E-state index in [2.05, 4.69) is 64.1 Å². The lowest BCUT2D eigenvalue weighted by Gasteiger charge is -2.18. The van der Waals surface area contributed by atoms with Gasteiger partial charge in [-0.3, -0.25) is 0 Å². The first kappa shape index (κ1) is 18.5. The Morgan fingerprint density at radius 1 is 1.19 bits per heavy atom. The molecule has 0 bridgehead atoms. The van der Waals surface area contributed by atoms with Crippen LogP contribution in [-0.4, -0.2) is 26.2 Å².